The number of carbonyl (C=O) groups excluding carboxylic acids is 1. The van der Waals surface area contributed by atoms with Crippen LogP contribution in [-0.4, -0.2) is 18.2 Å². The number of esters is 1. The van der Waals surface area contributed by atoms with Crippen molar-refractivity contribution in [3.8, 4) is 0 Å². The lowest BCUT2D eigenvalue weighted by Crippen LogP contribution is -2.14. The Bertz CT molecular complexity index is 343. The molecule has 4 nitrogen and oxygen atoms in total. The van der Waals surface area contributed by atoms with Gasteiger partial charge in [0.2, 0.25) is 0 Å². The van der Waals surface area contributed by atoms with Crippen molar-refractivity contribution in [1.82, 2.24) is 0 Å². The average molecular weight is 198 g/mol. The molecule has 0 spiro atoms. The van der Waals surface area contributed by atoms with Crippen LogP contribution in [0.15, 0.2) is 10.5 Å². The third-order valence-corrected chi connectivity index (χ3v) is 1.93. The van der Waals surface area contributed by atoms with Gasteiger partial charge in [-0.3, -0.25) is 0 Å². The van der Waals surface area contributed by atoms with Crippen molar-refractivity contribution in [1.29, 1.82) is 0 Å². The van der Waals surface area contributed by atoms with Gasteiger partial charge in [0.25, 0.3) is 0 Å². The van der Waals surface area contributed by atoms with Gasteiger partial charge in [-0.2, -0.15) is 0 Å². The van der Waals surface area contributed by atoms with E-state index in [1.807, 2.05) is 0 Å². The van der Waals surface area contributed by atoms with Gasteiger partial charge in [-0.25, -0.2) is 4.79 Å². The topological polar surface area (TPSA) is 59.7 Å². The summed E-state index contributed by atoms with van der Waals surface area (Å²) in [6, 6.07) is 1.50. The van der Waals surface area contributed by atoms with Crippen molar-refractivity contribution in [2.24, 2.45) is 0 Å². The summed E-state index contributed by atoms with van der Waals surface area (Å²) in [6.45, 7) is 4.83. The van der Waals surface area contributed by atoms with Gasteiger partial charge in [0.1, 0.15) is 22.7 Å². The van der Waals surface area contributed by atoms with E-state index in [4.69, 9.17) is 4.42 Å². The van der Waals surface area contributed by atoms with Crippen molar-refractivity contribution in [3.05, 3.63) is 23.2 Å². The minimum absolute atomic E-state index is 0.352. The quantitative estimate of drug-likeness (QED) is 0.733. The predicted molar refractivity (Wildman–Crippen MR) is 50.0 cm³/mol. The Morgan fingerprint density at radius 2 is 2.14 bits per heavy atom. The lowest BCUT2D eigenvalue weighted by atomic mass is 10.1. The number of rotatable bonds is 2. The Hall–Kier alpha value is -1.29. The third-order valence-electron chi connectivity index (χ3n) is 1.93. The van der Waals surface area contributed by atoms with E-state index in [0.717, 1.165) is 0 Å². The van der Waals surface area contributed by atoms with Crippen LogP contribution in [0, 0.1) is 6.92 Å². The van der Waals surface area contributed by atoms with Gasteiger partial charge in [0.05, 0.1) is 7.11 Å². The summed E-state index contributed by atoms with van der Waals surface area (Å²) in [6.07, 6.45) is 0. The van der Waals surface area contributed by atoms with Crippen LogP contribution in [0.4, 0.5) is 0 Å². The van der Waals surface area contributed by atoms with E-state index in [1.165, 1.54) is 13.2 Å². The minimum Gasteiger partial charge on any atom is -0.465 e. The number of furan rings is 1. The number of carbonyl (C=O) groups is 1. The highest BCUT2D eigenvalue weighted by Crippen LogP contribution is 2.25. The first-order chi connectivity index (χ1) is 6.36. The lowest BCUT2D eigenvalue weighted by molar-refractivity contribution is 0.0531. The normalized spacial score (nSPS) is 11.5. The summed E-state index contributed by atoms with van der Waals surface area (Å²) in [7, 11) is 1.30. The Morgan fingerprint density at radius 3 is 2.50 bits per heavy atom. The number of ether oxygens (including phenoxy) is 1. The van der Waals surface area contributed by atoms with Crippen LogP contribution < -0.4 is 0 Å². The summed E-state index contributed by atoms with van der Waals surface area (Å²) >= 11 is 0. The summed E-state index contributed by atoms with van der Waals surface area (Å²) < 4.78 is 9.81. The molecule has 1 N–H and O–H groups in total. The first kappa shape index (κ1) is 10.8. The van der Waals surface area contributed by atoms with Gasteiger partial charge in [0, 0.05) is 0 Å². The lowest BCUT2D eigenvalue weighted by Gasteiger charge is -2.12. The van der Waals surface area contributed by atoms with E-state index in [2.05, 4.69) is 4.74 Å². The van der Waals surface area contributed by atoms with Crippen LogP contribution in [0.3, 0.4) is 0 Å². The average Bonchev–Trinajstić information content (AvgIpc) is 2.45. The summed E-state index contributed by atoms with van der Waals surface area (Å²) in [5, 5.41) is 9.64. The molecule has 0 fully saturated rings. The molecule has 0 aliphatic rings. The number of hydrogen-bond donors (Lipinski definition) is 1. The maximum atomic E-state index is 11.2. The van der Waals surface area contributed by atoms with Gasteiger partial charge in [0.15, 0.2) is 0 Å². The standard InChI is InChI=1S/C10H14O4/c1-6-7(9(11)13-4)5-8(14-6)10(2,3)12/h5,12H,1-4H3. The van der Waals surface area contributed by atoms with Crippen LogP contribution in [0.1, 0.15) is 35.7 Å². The van der Waals surface area contributed by atoms with Crippen LogP contribution >= 0.6 is 0 Å². The minimum atomic E-state index is -1.09. The molecule has 0 radical (unpaired) electrons. The first-order valence-electron chi connectivity index (χ1n) is 4.28. The van der Waals surface area contributed by atoms with Crippen molar-refractivity contribution in [2.45, 2.75) is 26.4 Å². The van der Waals surface area contributed by atoms with Crippen molar-refractivity contribution < 1.29 is 19.1 Å². The summed E-state index contributed by atoms with van der Waals surface area (Å²) in [4.78, 5) is 11.2. The molecular weight excluding hydrogens is 184 g/mol. The molecule has 1 rings (SSSR count). The highest BCUT2D eigenvalue weighted by molar-refractivity contribution is 5.90. The molecule has 0 amide bonds. The van der Waals surface area contributed by atoms with Crippen LogP contribution in [0.25, 0.3) is 0 Å². The van der Waals surface area contributed by atoms with Gasteiger partial charge in [-0.05, 0) is 26.8 Å². The van der Waals surface area contributed by atoms with E-state index in [-0.39, 0.29) is 0 Å². The second-order valence-corrected chi connectivity index (χ2v) is 3.63. The van der Waals surface area contributed by atoms with Gasteiger partial charge < -0.3 is 14.3 Å². The molecule has 0 aliphatic carbocycles. The van der Waals surface area contributed by atoms with Crippen molar-refractivity contribution >= 4 is 5.97 Å². The van der Waals surface area contributed by atoms with Crippen molar-refractivity contribution in [2.75, 3.05) is 7.11 Å². The Kier molecular flexibility index (Phi) is 2.66. The van der Waals surface area contributed by atoms with Gasteiger partial charge >= 0.3 is 5.97 Å². The Labute approximate surface area is 82.5 Å². The monoisotopic (exact) mass is 198 g/mol. The van der Waals surface area contributed by atoms with E-state index in [0.29, 0.717) is 17.1 Å². The fraction of sp³-hybridized carbons (Fsp3) is 0.500. The zero-order chi connectivity index (χ0) is 10.9. The first-order valence-corrected chi connectivity index (χ1v) is 4.28. The number of aryl methyl sites for hydroxylation is 1. The van der Waals surface area contributed by atoms with E-state index >= 15 is 0 Å². The fourth-order valence-electron chi connectivity index (χ4n) is 1.10. The maximum absolute atomic E-state index is 11.2. The molecule has 0 bridgehead atoms. The Morgan fingerprint density at radius 1 is 1.57 bits per heavy atom. The molecular formula is C10H14O4. The molecule has 0 aromatic carbocycles. The third kappa shape index (κ3) is 1.96. The molecule has 1 aromatic rings. The highest BCUT2D eigenvalue weighted by atomic mass is 16.5. The number of aliphatic hydroxyl groups is 1. The van der Waals surface area contributed by atoms with Crippen LogP contribution in [0.2, 0.25) is 0 Å². The number of hydrogen-bond acceptors (Lipinski definition) is 4. The summed E-state index contributed by atoms with van der Waals surface area (Å²) in [5.41, 5.74) is -0.735. The van der Waals surface area contributed by atoms with Crippen LogP contribution in [0.5, 0.6) is 0 Å². The molecule has 14 heavy (non-hydrogen) atoms. The molecule has 0 saturated carbocycles. The zero-order valence-corrected chi connectivity index (χ0v) is 8.75. The second kappa shape index (κ2) is 3.46. The van der Waals surface area contributed by atoms with Gasteiger partial charge in [-0.1, -0.05) is 0 Å². The Balaban J connectivity index is 3.12. The van der Waals surface area contributed by atoms with E-state index in [1.54, 1.807) is 20.8 Å². The molecule has 1 heterocycles. The largest absolute Gasteiger partial charge is 0.465 e. The smallest absolute Gasteiger partial charge is 0.341 e. The molecule has 4 heteroatoms. The van der Waals surface area contributed by atoms with E-state index in [9.17, 15) is 9.90 Å². The summed E-state index contributed by atoms with van der Waals surface area (Å²) in [5.74, 6) is 0.353. The molecule has 0 saturated heterocycles. The molecule has 0 atom stereocenters. The number of methoxy groups -OCH3 is 1. The van der Waals surface area contributed by atoms with Crippen LogP contribution in [-0.2, 0) is 10.3 Å². The molecule has 0 aliphatic heterocycles. The van der Waals surface area contributed by atoms with Crippen molar-refractivity contribution in [3.63, 3.8) is 0 Å². The van der Waals surface area contributed by atoms with E-state index < -0.39 is 11.6 Å². The second-order valence-electron chi connectivity index (χ2n) is 3.63. The zero-order valence-electron chi connectivity index (χ0n) is 8.75. The SMILES string of the molecule is COC(=O)c1cc(C(C)(C)O)oc1C. The van der Waals surface area contributed by atoms with Gasteiger partial charge in [-0.15, -0.1) is 0 Å². The molecule has 78 valence electrons. The maximum Gasteiger partial charge on any atom is 0.341 e. The predicted octanol–water partition coefficient (Wildman–Crippen LogP) is 1.60. The molecule has 1 aromatic heterocycles. The highest BCUT2D eigenvalue weighted by Gasteiger charge is 2.24. The molecule has 0 unspecified atom stereocenters. The fourth-order valence-corrected chi connectivity index (χ4v) is 1.10.